The Morgan fingerprint density at radius 3 is 2.23 bits per heavy atom. The van der Waals surface area contributed by atoms with Crippen LogP contribution in [0.15, 0.2) is 122 Å². The first-order valence-corrected chi connectivity index (χ1v) is 19.0. The van der Waals surface area contributed by atoms with Crippen LogP contribution < -0.4 is 15.5 Å². The molecule has 2 fully saturated rings. The van der Waals surface area contributed by atoms with Crippen molar-refractivity contribution in [3.05, 3.63) is 149 Å². The van der Waals surface area contributed by atoms with E-state index in [1.807, 2.05) is 109 Å². The summed E-state index contributed by atoms with van der Waals surface area (Å²) in [7, 11) is 1.31. The van der Waals surface area contributed by atoms with Gasteiger partial charge in [-0.05, 0) is 39.4 Å². The highest BCUT2D eigenvalue weighted by Gasteiger charge is 2.34. The van der Waals surface area contributed by atoms with Crippen LogP contribution in [0.1, 0.15) is 46.6 Å². The largest absolute Gasteiger partial charge is 0.467 e. The van der Waals surface area contributed by atoms with Crippen LogP contribution in [0.4, 0.5) is 10.7 Å². The van der Waals surface area contributed by atoms with Gasteiger partial charge in [0.1, 0.15) is 6.04 Å². The number of hydrogen-bond acceptors (Lipinski definition) is 10. The van der Waals surface area contributed by atoms with Crippen molar-refractivity contribution in [3.63, 3.8) is 0 Å². The van der Waals surface area contributed by atoms with Gasteiger partial charge in [-0.2, -0.15) is 0 Å². The number of carbonyl (C=O) groups is 2. The minimum absolute atomic E-state index is 0.0104. The third-order valence-electron chi connectivity index (χ3n) is 10.3. The molecule has 56 heavy (non-hydrogen) atoms. The lowest BCUT2D eigenvalue weighted by Crippen LogP contribution is -2.50. The number of aliphatic hydroxyl groups excluding tert-OH is 1. The topological polar surface area (TPSA) is 138 Å². The fraction of sp³-hybridized carbons (Fsp3) is 0.318. The Kier molecular flexibility index (Phi) is 13.0. The van der Waals surface area contributed by atoms with Crippen LogP contribution in [0.2, 0.25) is 0 Å². The molecular formula is C44H48N6O6. The van der Waals surface area contributed by atoms with Crippen molar-refractivity contribution in [2.75, 3.05) is 44.7 Å². The Bertz CT molecular complexity index is 2010. The number of methoxy groups -OCH3 is 1. The Balaban J connectivity index is 1.01. The van der Waals surface area contributed by atoms with E-state index < -0.39 is 24.3 Å². The minimum Gasteiger partial charge on any atom is -0.467 e. The van der Waals surface area contributed by atoms with Gasteiger partial charge in [0.15, 0.2) is 6.29 Å². The first-order chi connectivity index (χ1) is 27.4. The number of esters is 1. The van der Waals surface area contributed by atoms with Crippen LogP contribution in [-0.2, 0) is 38.6 Å². The lowest BCUT2D eigenvalue weighted by molar-refractivity contribution is -0.253. The lowest BCUT2D eigenvalue weighted by atomic mass is 9.97. The van der Waals surface area contributed by atoms with Gasteiger partial charge in [-0.15, -0.1) is 0 Å². The second kappa shape index (κ2) is 18.8. The van der Waals surface area contributed by atoms with Gasteiger partial charge >= 0.3 is 12.0 Å². The molecule has 3 heterocycles. The SMILES string of the molecule is COC(=O)[C@H](Cc1ccccc1)NC(=O)NCc1ccccc1-c1ccc([C@@H]2O[C@H](CN3CCN(c4ncccn4)CC3)C[C@H](c3ccc(CO)cc3)O2)cc1. The summed E-state index contributed by atoms with van der Waals surface area (Å²) in [5.41, 5.74) is 6.59. The highest BCUT2D eigenvalue weighted by Crippen LogP contribution is 2.39. The van der Waals surface area contributed by atoms with Crippen molar-refractivity contribution in [3.8, 4) is 11.1 Å². The van der Waals surface area contributed by atoms with Crippen LogP contribution in [-0.4, -0.2) is 84.0 Å². The van der Waals surface area contributed by atoms with E-state index >= 15 is 0 Å². The maximum atomic E-state index is 13.0. The van der Waals surface area contributed by atoms with Gasteiger partial charge in [-0.1, -0.05) is 103 Å². The Morgan fingerprint density at radius 1 is 0.821 bits per heavy atom. The number of ether oxygens (including phenoxy) is 3. The number of benzene rings is 4. The molecule has 2 saturated heterocycles. The summed E-state index contributed by atoms with van der Waals surface area (Å²) >= 11 is 0. The average molecular weight is 757 g/mol. The first-order valence-electron chi connectivity index (χ1n) is 19.0. The molecule has 2 amide bonds. The van der Waals surface area contributed by atoms with Crippen molar-refractivity contribution >= 4 is 17.9 Å². The molecule has 4 aromatic carbocycles. The Labute approximate surface area is 327 Å². The van der Waals surface area contributed by atoms with Crippen molar-refractivity contribution in [2.45, 2.75) is 50.5 Å². The van der Waals surface area contributed by atoms with Crippen molar-refractivity contribution in [1.29, 1.82) is 0 Å². The normalized spacial score (nSPS) is 19.2. The predicted octanol–water partition coefficient (Wildman–Crippen LogP) is 5.59. The first kappa shape index (κ1) is 38.6. The molecular weight excluding hydrogens is 709 g/mol. The molecule has 0 spiro atoms. The summed E-state index contributed by atoms with van der Waals surface area (Å²) in [4.78, 5) is 39.0. The van der Waals surface area contributed by atoms with Gasteiger partial charge in [0.25, 0.3) is 0 Å². The molecule has 12 heteroatoms. The maximum absolute atomic E-state index is 13.0. The Hall–Kier alpha value is -5.66. The van der Waals surface area contributed by atoms with Gasteiger partial charge in [0.05, 0.1) is 25.9 Å². The minimum atomic E-state index is -0.825. The highest BCUT2D eigenvalue weighted by atomic mass is 16.7. The molecule has 0 aliphatic carbocycles. The molecule has 1 aromatic heterocycles. The van der Waals surface area contributed by atoms with Crippen LogP contribution >= 0.6 is 0 Å². The lowest BCUT2D eigenvalue weighted by Gasteiger charge is -2.40. The number of carbonyl (C=O) groups excluding carboxylic acids is 2. The summed E-state index contributed by atoms with van der Waals surface area (Å²) in [6, 6.07) is 34.1. The number of anilines is 1. The van der Waals surface area contributed by atoms with Gasteiger partial charge in [0, 0.05) is 70.1 Å². The van der Waals surface area contributed by atoms with Gasteiger partial charge in [0.2, 0.25) is 5.95 Å². The molecule has 0 radical (unpaired) electrons. The molecule has 0 bridgehead atoms. The molecule has 5 aromatic rings. The molecule has 0 saturated carbocycles. The van der Waals surface area contributed by atoms with Crippen molar-refractivity contribution in [1.82, 2.24) is 25.5 Å². The summed E-state index contributed by atoms with van der Waals surface area (Å²) in [5.74, 6) is 0.252. The van der Waals surface area contributed by atoms with E-state index in [-0.39, 0.29) is 25.4 Å². The fourth-order valence-corrected chi connectivity index (χ4v) is 7.25. The number of nitrogens with zero attached hydrogens (tertiary/aromatic N) is 4. The summed E-state index contributed by atoms with van der Waals surface area (Å²) in [6.45, 7) is 4.45. The molecule has 7 rings (SSSR count). The average Bonchev–Trinajstić information content (AvgIpc) is 3.26. The van der Waals surface area contributed by atoms with Crippen LogP contribution in [0.5, 0.6) is 0 Å². The van der Waals surface area contributed by atoms with Crippen LogP contribution in [0.3, 0.4) is 0 Å². The second-order valence-electron chi connectivity index (χ2n) is 14.1. The van der Waals surface area contributed by atoms with E-state index in [1.165, 1.54) is 7.11 Å². The zero-order valence-corrected chi connectivity index (χ0v) is 31.5. The smallest absolute Gasteiger partial charge is 0.328 e. The molecule has 12 nitrogen and oxygen atoms in total. The van der Waals surface area contributed by atoms with E-state index in [0.29, 0.717) is 12.8 Å². The van der Waals surface area contributed by atoms with Crippen LogP contribution in [0, 0.1) is 0 Å². The number of rotatable bonds is 13. The third-order valence-corrected chi connectivity index (χ3v) is 10.3. The van der Waals surface area contributed by atoms with Crippen LogP contribution in [0.25, 0.3) is 11.1 Å². The third kappa shape index (κ3) is 9.95. The highest BCUT2D eigenvalue weighted by molar-refractivity contribution is 5.84. The van der Waals surface area contributed by atoms with E-state index in [0.717, 1.165) is 77.6 Å². The standard InChI is InChI=1S/C44H48N6O6/c1-54-41(52)39(26-31-8-3-2-4-9-31)48-44(53)47-28-36-10-5-6-11-38(36)33-16-18-35(19-17-33)42-55-37(27-40(56-42)34-14-12-32(30-51)13-15-34)29-49-22-24-50(25-23-49)43-45-20-7-21-46-43/h2-21,37,39-40,42,51H,22-30H2,1H3,(H2,47,48,53)/t37-,39-,40+,42+/m0/s1. The van der Waals surface area contributed by atoms with Crippen molar-refractivity contribution < 1.29 is 28.9 Å². The number of urea groups is 1. The number of aromatic nitrogens is 2. The number of nitrogens with one attached hydrogen (secondary N) is 2. The van der Waals surface area contributed by atoms with Crippen molar-refractivity contribution in [2.24, 2.45) is 0 Å². The van der Waals surface area contributed by atoms with Gasteiger partial charge in [-0.3, -0.25) is 4.90 Å². The summed E-state index contributed by atoms with van der Waals surface area (Å²) < 4.78 is 18.3. The number of hydrogen-bond donors (Lipinski definition) is 3. The Morgan fingerprint density at radius 2 is 1.52 bits per heavy atom. The monoisotopic (exact) mass is 756 g/mol. The predicted molar refractivity (Wildman–Crippen MR) is 212 cm³/mol. The number of aliphatic hydroxyl groups is 1. The fourth-order valence-electron chi connectivity index (χ4n) is 7.25. The number of amides is 2. The van der Waals surface area contributed by atoms with Gasteiger partial charge < -0.3 is 34.9 Å². The maximum Gasteiger partial charge on any atom is 0.328 e. The quantitative estimate of drug-likeness (QED) is 0.131. The second-order valence-corrected chi connectivity index (χ2v) is 14.1. The van der Waals surface area contributed by atoms with E-state index in [2.05, 4.69) is 30.4 Å². The molecule has 0 unspecified atom stereocenters. The molecule has 2 aliphatic rings. The van der Waals surface area contributed by atoms with E-state index in [9.17, 15) is 14.7 Å². The zero-order chi connectivity index (χ0) is 38.7. The molecule has 2 aliphatic heterocycles. The molecule has 290 valence electrons. The summed E-state index contributed by atoms with van der Waals surface area (Å²) in [5, 5.41) is 15.3. The van der Waals surface area contributed by atoms with E-state index in [4.69, 9.17) is 14.2 Å². The molecule has 3 N–H and O–H groups in total. The van der Waals surface area contributed by atoms with Gasteiger partial charge in [-0.25, -0.2) is 19.6 Å². The molecule has 4 atom stereocenters. The van der Waals surface area contributed by atoms with E-state index in [1.54, 1.807) is 12.4 Å². The summed E-state index contributed by atoms with van der Waals surface area (Å²) in [6.07, 6.45) is 3.74. The zero-order valence-electron chi connectivity index (χ0n) is 31.5. The number of piperazine rings is 1.